The minimum atomic E-state index is -4.74. The standard InChI is InChI=1S/C14H15F3N6O2.HI/c15-14(16,17)25-10-3-1-9(2-4-10)22-13(18)20-8-7-19-12(24)11-5-6-21-23-11;/h1-6H,7-8H2,(H,19,24)(H,21,23)(H3,18,20,22);1H. The number of rotatable bonds is 6. The lowest BCUT2D eigenvalue weighted by atomic mass is 10.3. The number of carbonyl (C=O) groups excluding carboxylic acids is 1. The molecule has 12 heteroatoms. The topological polar surface area (TPSA) is 117 Å². The Morgan fingerprint density at radius 2 is 1.96 bits per heavy atom. The highest BCUT2D eigenvalue weighted by Crippen LogP contribution is 2.23. The van der Waals surface area contributed by atoms with Crippen molar-refractivity contribution in [2.45, 2.75) is 6.36 Å². The number of guanidine groups is 1. The lowest BCUT2D eigenvalue weighted by molar-refractivity contribution is -0.274. The summed E-state index contributed by atoms with van der Waals surface area (Å²) in [5.74, 6) is -0.602. The minimum Gasteiger partial charge on any atom is -0.406 e. The summed E-state index contributed by atoms with van der Waals surface area (Å²) in [6.07, 6.45) is -3.28. The number of halogens is 4. The number of H-pyrrole nitrogens is 1. The highest BCUT2D eigenvalue weighted by molar-refractivity contribution is 14.0. The molecular weight excluding hydrogens is 468 g/mol. The molecule has 1 aromatic carbocycles. The monoisotopic (exact) mass is 484 g/mol. The van der Waals surface area contributed by atoms with Crippen LogP contribution in [0.15, 0.2) is 41.5 Å². The molecule has 8 nitrogen and oxygen atoms in total. The summed E-state index contributed by atoms with van der Waals surface area (Å²) in [5, 5.41) is 11.5. The third kappa shape index (κ3) is 7.58. The number of ether oxygens (including phenoxy) is 1. The molecule has 1 amide bonds. The van der Waals surface area contributed by atoms with Crippen LogP contribution in [0.3, 0.4) is 0 Å². The van der Waals surface area contributed by atoms with E-state index in [4.69, 9.17) is 5.73 Å². The maximum Gasteiger partial charge on any atom is 0.573 e. The fraction of sp³-hybridized carbons (Fsp3) is 0.214. The predicted octanol–water partition coefficient (Wildman–Crippen LogP) is 2.08. The summed E-state index contributed by atoms with van der Waals surface area (Å²) >= 11 is 0. The summed E-state index contributed by atoms with van der Waals surface area (Å²) in [6, 6.07) is 6.55. The van der Waals surface area contributed by atoms with E-state index in [9.17, 15) is 18.0 Å². The van der Waals surface area contributed by atoms with Crippen LogP contribution in [0.5, 0.6) is 5.75 Å². The van der Waals surface area contributed by atoms with Crippen LogP contribution >= 0.6 is 24.0 Å². The van der Waals surface area contributed by atoms with E-state index >= 15 is 0 Å². The number of hydrogen-bond donors (Lipinski definition) is 4. The van der Waals surface area contributed by atoms with E-state index in [0.717, 1.165) is 12.1 Å². The molecule has 142 valence electrons. The number of aromatic amines is 1. The lowest BCUT2D eigenvalue weighted by Gasteiger charge is -2.10. The second-order valence-corrected chi connectivity index (χ2v) is 4.69. The van der Waals surface area contributed by atoms with Crippen LogP contribution in [0.4, 0.5) is 18.9 Å². The van der Waals surface area contributed by atoms with Gasteiger partial charge in [0.15, 0.2) is 5.96 Å². The number of nitrogens with zero attached hydrogens (tertiary/aromatic N) is 2. The van der Waals surface area contributed by atoms with E-state index < -0.39 is 6.36 Å². The third-order valence-corrected chi connectivity index (χ3v) is 2.79. The van der Waals surface area contributed by atoms with Gasteiger partial charge in [-0.3, -0.25) is 14.9 Å². The molecule has 2 rings (SSSR count). The Morgan fingerprint density at radius 1 is 1.27 bits per heavy atom. The Bertz CT molecular complexity index is 719. The number of benzene rings is 1. The number of nitrogens with two attached hydrogens (primary N) is 1. The highest BCUT2D eigenvalue weighted by atomic mass is 127. The molecular formula is C14H16F3IN6O2. The molecule has 5 N–H and O–H groups in total. The first kappa shape index (κ1) is 21.5. The molecule has 0 fully saturated rings. The van der Waals surface area contributed by atoms with Crippen molar-refractivity contribution in [3.05, 3.63) is 42.2 Å². The Kier molecular flexibility index (Phi) is 8.15. The second kappa shape index (κ2) is 9.84. The fourth-order valence-electron chi connectivity index (χ4n) is 1.75. The van der Waals surface area contributed by atoms with E-state index in [1.807, 2.05) is 0 Å². The van der Waals surface area contributed by atoms with Gasteiger partial charge in [-0.15, -0.1) is 37.1 Å². The Morgan fingerprint density at radius 3 is 2.54 bits per heavy atom. The molecule has 0 atom stereocenters. The van der Waals surface area contributed by atoms with Gasteiger partial charge in [-0.2, -0.15) is 5.10 Å². The molecule has 1 aromatic heterocycles. The van der Waals surface area contributed by atoms with Crippen LogP contribution in [0.25, 0.3) is 0 Å². The van der Waals surface area contributed by atoms with Crippen LogP contribution in [-0.2, 0) is 0 Å². The van der Waals surface area contributed by atoms with Crippen molar-refractivity contribution < 1.29 is 22.7 Å². The first-order chi connectivity index (χ1) is 11.8. The SMILES string of the molecule is I.NC(=NCCNC(=O)c1ccn[nH]1)Nc1ccc(OC(F)(F)F)cc1. The molecule has 2 aromatic rings. The zero-order valence-corrected chi connectivity index (χ0v) is 15.5. The minimum absolute atomic E-state index is 0. The van der Waals surface area contributed by atoms with Crippen molar-refractivity contribution in [2.24, 2.45) is 10.7 Å². The van der Waals surface area contributed by atoms with Gasteiger partial charge in [0.2, 0.25) is 0 Å². The fourth-order valence-corrected chi connectivity index (χ4v) is 1.75. The van der Waals surface area contributed by atoms with Crippen LogP contribution in [0, 0.1) is 0 Å². The van der Waals surface area contributed by atoms with Gasteiger partial charge in [-0.25, -0.2) is 0 Å². The number of aromatic nitrogens is 2. The zero-order valence-electron chi connectivity index (χ0n) is 13.2. The van der Waals surface area contributed by atoms with Gasteiger partial charge in [0.25, 0.3) is 5.91 Å². The molecule has 0 radical (unpaired) electrons. The Hall–Kier alpha value is -2.51. The van der Waals surface area contributed by atoms with Gasteiger partial charge in [-0.1, -0.05) is 0 Å². The number of aliphatic imine (C=N–C) groups is 1. The van der Waals surface area contributed by atoms with Crippen LogP contribution in [0.1, 0.15) is 10.5 Å². The van der Waals surface area contributed by atoms with Gasteiger partial charge in [0.1, 0.15) is 11.4 Å². The van der Waals surface area contributed by atoms with Crippen LogP contribution in [0.2, 0.25) is 0 Å². The van der Waals surface area contributed by atoms with E-state index in [1.165, 1.54) is 24.4 Å². The predicted molar refractivity (Wildman–Crippen MR) is 99.6 cm³/mol. The molecule has 0 spiro atoms. The van der Waals surface area contributed by atoms with Crippen LogP contribution < -0.4 is 21.1 Å². The largest absolute Gasteiger partial charge is 0.573 e. The molecule has 0 aliphatic heterocycles. The first-order valence-electron chi connectivity index (χ1n) is 7.04. The summed E-state index contributed by atoms with van der Waals surface area (Å²) in [6.45, 7) is 0.465. The molecule has 0 unspecified atom stereocenters. The smallest absolute Gasteiger partial charge is 0.406 e. The maximum atomic E-state index is 12.1. The quantitative estimate of drug-likeness (QED) is 0.217. The normalized spacial score (nSPS) is 11.4. The Labute approximate surface area is 163 Å². The van der Waals surface area contributed by atoms with Crippen molar-refractivity contribution in [1.82, 2.24) is 15.5 Å². The molecule has 0 saturated carbocycles. The summed E-state index contributed by atoms with van der Waals surface area (Å²) < 4.78 is 39.9. The van der Waals surface area contributed by atoms with E-state index in [2.05, 4.69) is 30.6 Å². The molecule has 0 aliphatic rings. The van der Waals surface area contributed by atoms with Gasteiger partial charge in [0, 0.05) is 18.4 Å². The molecule has 0 bridgehead atoms. The van der Waals surface area contributed by atoms with Crippen LogP contribution in [-0.4, -0.2) is 41.5 Å². The van der Waals surface area contributed by atoms with E-state index in [-0.39, 0.29) is 54.7 Å². The highest BCUT2D eigenvalue weighted by Gasteiger charge is 2.30. The van der Waals surface area contributed by atoms with Gasteiger partial charge in [0.05, 0.1) is 6.54 Å². The summed E-state index contributed by atoms with van der Waals surface area (Å²) in [7, 11) is 0. The average molecular weight is 484 g/mol. The number of anilines is 1. The number of alkyl halides is 3. The number of nitrogens with one attached hydrogen (secondary N) is 3. The van der Waals surface area contributed by atoms with Gasteiger partial charge < -0.3 is 21.1 Å². The van der Waals surface area contributed by atoms with Crippen molar-refractivity contribution in [1.29, 1.82) is 0 Å². The number of amides is 1. The zero-order chi connectivity index (χ0) is 18.3. The lowest BCUT2D eigenvalue weighted by Crippen LogP contribution is -2.28. The van der Waals surface area contributed by atoms with Crippen molar-refractivity contribution in [3.63, 3.8) is 0 Å². The van der Waals surface area contributed by atoms with Crippen molar-refractivity contribution in [2.75, 3.05) is 18.4 Å². The van der Waals surface area contributed by atoms with Crippen molar-refractivity contribution in [3.8, 4) is 5.75 Å². The number of carbonyl (C=O) groups is 1. The van der Waals surface area contributed by atoms with Gasteiger partial charge in [-0.05, 0) is 30.3 Å². The second-order valence-electron chi connectivity index (χ2n) is 4.69. The molecule has 1 heterocycles. The number of hydrogen-bond acceptors (Lipinski definition) is 4. The van der Waals surface area contributed by atoms with Crippen molar-refractivity contribution >= 4 is 41.5 Å². The molecule has 0 aliphatic carbocycles. The molecule has 0 saturated heterocycles. The average Bonchev–Trinajstić information content (AvgIpc) is 3.06. The Balaban J connectivity index is 0.00000338. The first-order valence-corrected chi connectivity index (χ1v) is 7.04. The summed E-state index contributed by atoms with van der Waals surface area (Å²) in [4.78, 5) is 15.6. The maximum absolute atomic E-state index is 12.1. The van der Waals surface area contributed by atoms with E-state index in [1.54, 1.807) is 0 Å². The third-order valence-electron chi connectivity index (χ3n) is 2.79. The summed E-state index contributed by atoms with van der Waals surface area (Å²) in [5.41, 5.74) is 6.43. The molecule has 26 heavy (non-hydrogen) atoms. The van der Waals surface area contributed by atoms with Gasteiger partial charge >= 0.3 is 6.36 Å². The van der Waals surface area contributed by atoms with E-state index in [0.29, 0.717) is 11.4 Å².